The Balaban J connectivity index is 2.73. The van der Waals surface area contributed by atoms with Gasteiger partial charge in [-0.2, -0.15) is 0 Å². The van der Waals surface area contributed by atoms with E-state index in [4.69, 9.17) is 5.11 Å². The molecule has 1 amide bonds. The van der Waals surface area contributed by atoms with Gasteiger partial charge in [-0.3, -0.25) is 14.5 Å². The number of carboxylic acid groups (broad SMARTS) is 1. The molecule has 0 spiro atoms. The highest BCUT2D eigenvalue weighted by molar-refractivity contribution is 5.80. The maximum atomic E-state index is 13.0. The van der Waals surface area contributed by atoms with Gasteiger partial charge in [0.05, 0.1) is 12.6 Å². The molecule has 1 aromatic carbocycles. The van der Waals surface area contributed by atoms with E-state index in [0.717, 1.165) is 5.56 Å². The average Bonchev–Trinajstić information content (AvgIpc) is 2.44. The lowest BCUT2D eigenvalue weighted by atomic mass is 9.96. The molecule has 0 bridgehead atoms. The molecule has 0 fully saturated rings. The molecule has 0 aromatic heterocycles. The van der Waals surface area contributed by atoms with Crippen molar-refractivity contribution >= 4 is 11.9 Å². The Labute approximate surface area is 130 Å². The first-order chi connectivity index (χ1) is 10.2. The van der Waals surface area contributed by atoms with Crippen molar-refractivity contribution in [3.05, 3.63) is 35.6 Å². The van der Waals surface area contributed by atoms with Crippen molar-refractivity contribution in [2.75, 3.05) is 13.6 Å². The van der Waals surface area contributed by atoms with Crippen LogP contribution in [0, 0.1) is 11.7 Å². The number of nitrogens with one attached hydrogen (secondary N) is 1. The number of amides is 1. The fourth-order valence-electron chi connectivity index (χ4n) is 2.08. The normalized spacial score (nSPS) is 14.0. The summed E-state index contributed by atoms with van der Waals surface area (Å²) in [4.78, 5) is 24.5. The van der Waals surface area contributed by atoms with Crippen LogP contribution in [0.15, 0.2) is 24.3 Å². The third kappa shape index (κ3) is 5.11. The highest BCUT2D eigenvalue weighted by Crippen LogP contribution is 2.21. The summed E-state index contributed by atoms with van der Waals surface area (Å²) >= 11 is 0. The SMILES string of the molecule is CC(C)C(NC(=O)CN(C)C(C)C(=O)O)c1ccc(F)cc1. The van der Waals surface area contributed by atoms with Crippen LogP contribution in [0.4, 0.5) is 4.39 Å². The number of halogens is 1. The monoisotopic (exact) mass is 310 g/mol. The quantitative estimate of drug-likeness (QED) is 0.808. The molecule has 2 atom stereocenters. The third-order valence-electron chi connectivity index (χ3n) is 3.62. The lowest BCUT2D eigenvalue weighted by molar-refractivity contribution is -0.142. The molecule has 2 N–H and O–H groups in total. The first kappa shape index (κ1) is 18.1. The average molecular weight is 310 g/mol. The van der Waals surface area contributed by atoms with Gasteiger partial charge in [-0.05, 0) is 37.6 Å². The van der Waals surface area contributed by atoms with E-state index in [0.29, 0.717) is 0 Å². The fourth-order valence-corrected chi connectivity index (χ4v) is 2.08. The highest BCUT2D eigenvalue weighted by Gasteiger charge is 2.22. The topological polar surface area (TPSA) is 69.6 Å². The second kappa shape index (κ2) is 7.89. The number of nitrogens with zero attached hydrogens (tertiary/aromatic N) is 1. The van der Waals surface area contributed by atoms with Crippen LogP contribution in [-0.2, 0) is 9.59 Å². The standard InChI is InChI=1S/C16H23FN2O3/c1-10(2)15(12-5-7-13(17)8-6-12)18-14(20)9-19(4)11(3)16(21)22/h5-8,10-11,15H,9H2,1-4H3,(H,18,20)(H,21,22). The Morgan fingerprint density at radius 3 is 2.23 bits per heavy atom. The van der Waals surface area contributed by atoms with Gasteiger partial charge in [0.25, 0.3) is 0 Å². The minimum atomic E-state index is -0.978. The number of hydrogen-bond acceptors (Lipinski definition) is 3. The second-order valence-corrected chi connectivity index (χ2v) is 5.77. The summed E-state index contributed by atoms with van der Waals surface area (Å²) in [6.45, 7) is 5.42. The molecule has 0 aliphatic heterocycles. The Bertz CT molecular complexity index is 517. The Morgan fingerprint density at radius 2 is 1.77 bits per heavy atom. The number of hydrogen-bond donors (Lipinski definition) is 2. The van der Waals surface area contributed by atoms with E-state index in [1.54, 1.807) is 19.2 Å². The summed E-state index contributed by atoms with van der Waals surface area (Å²) < 4.78 is 13.0. The second-order valence-electron chi connectivity index (χ2n) is 5.77. The van der Waals surface area contributed by atoms with Crippen molar-refractivity contribution in [2.24, 2.45) is 5.92 Å². The molecule has 122 valence electrons. The molecule has 22 heavy (non-hydrogen) atoms. The van der Waals surface area contributed by atoms with Crippen LogP contribution in [-0.4, -0.2) is 41.5 Å². The van der Waals surface area contributed by atoms with Crippen LogP contribution in [0.3, 0.4) is 0 Å². The number of likely N-dealkylation sites (N-methyl/N-ethyl adjacent to an activating group) is 1. The van der Waals surface area contributed by atoms with E-state index in [1.165, 1.54) is 24.0 Å². The molecule has 0 radical (unpaired) electrons. The third-order valence-corrected chi connectivity index (χ3v) is 3.62. The van der Waals surface area contributed by atoms with E-state index in [9.17, 15) is 14.0 Å². The summed E-state index contributed by atoms with van der Waals surface area (Å²) in [5.74, 6) is -1.45. The van der Waals surface area contributed by atoms with Crippen molar-refractivity contribution in [3.8, 4) is 0 Å². The molecule has 0 saturated heterocycles. The van der Waals surface area contributed by atoms with Gasteiger partial charge in [-0.25, -0.2) is 4.39 Å². The summed E-state index contributed by atoms with van der Waals surface area (Å²) in [5.41, 5.74) is 0.818. The van der Waals surface area contributed by atoms with E-state index < -0.39 is 12.0 Å². The fraction of sp³-hybridized carbons (Fsp3) is 0.500. The van der Waals surface area contributed by atoms with Crippen molar-refractivity contribution < 1.29 is 19.1 Å². The molecule has 0 aliphatic rings. The minimum Gasteiger partial charge on any atom is -0.480 e. The van der Waals surface area contributed by atoms with E-state index >= 15 is 0 Å². The summed E-state index contributed by atoms with van der Waals surface area (Å²) in [5, 5.41) is 11.8. The zero-order valence-electron chi connectivity index (χ0n) is 13.3. The van der Waals surface area contributed by atoms with Crippen molar-refractivity contribution in [2.45, 2.75) is 32.9 Å². The largest absolute Gasteiger partial charge is 0.480 e. The Kier molecular flexibility index (Phi) is 6.49. The molecular formula is C16H23FN2O3. The Hall–Kier alpha value is -1.95. The first-order valence-corrected chi connectivity index (χ1v) is 7.20. The maximum Gasteiger partial charge on any atom is 0.320 e. The predicted octanol–water partition coefficient (Wildman–Crippen LogP) is 2.04. The van der Waals surface area contributed by atoms with Gasteiger partial charge >= 0.3 is 5.97 Å². The van der Waals surface area contributed by atoms with Gasteiger partial charge in [-0.1, -0.05) is 26.0 Å². The predicted molar refractivity (Wildman–Crippen MR) is 81.8 cm³/mol. The number of carboxylic acids is 1. The molecule has 0 saturated carbocycles. The molecular weight excluding hydrogens is 287 g/mol. The van der Waals surface area contributed by atoms with Gasteiger partial charge in [0.1, 0.15) is 11.9 Å². The van der Waals surface area contributed by atoms with Gasteiger partial charge in [0.15, 0.2) is 0 Å². The smallest absolute Gasteiger partial charge is 0.320 e. The molecule has 0 aliphatic carbocycles. The molecule has 0 heterocycles. The van der Waals surface area contributed by atoms with Crippen molar-refractivity contribution in [3.63, 3.8) is 0 Å². The van der Waals surface area contributed by atoms with Crippen LogP contribution in [0.5, 0.6) is 0 Å². The molecule has 1 aromatic rings. The number of rotatable bonds is 7. The molecule has 1 rings (SSSR count). The molecule has 2 unspecified atom stereocenters. The summed E-state index contributed by atoms with van der Waals surface area (Å²) in [6, 6.07) is 5.01. The zero-order valence-corrected chi connectivity index (χ0v) is 13.3. The van der Waals surface area contributed by atoms with Crippen LogP contribution in [0.25, 0.3) is 0 Å². The number of carbonyl (C=O) groups is 2. The van der Waals surface area contributed by atoms with Gasteiger partial charge in [0, 0.05) is 0 Å². The van der Waals surface area contributed by atoms with Crippen LogP contribution in [0.1, 0.15) is 32.4 Å². The number of benzene rings is 1. The highest BCUT2D eigenvalue weighted by atomic mass is 19.1. The first-order valence-electron chi connectivity index (χ1n) is 7.20. The van der Waals surface area contributed by atoms with Crippen LogP contribution >= 0.6 is 0 Å². The zero-order chi connectivity index (χ0) is 16.9. The van der Waals surface area contributed by atoms with Crippen LogP contribution in [0.2, 0.25) is 0 Å². The molecule has 5 nitrogen and oxygen atoms in total. The van der Waals surface area contributed by atoms with Crippen molar-refractivity contribution in [1.82, 2.24) is 10.2 Å². The Morgan fingerprint density at radius 1 is 1.23 bits per heavy atom. The van der Waals surface area contributed by atoms with Gasteiger partial charge < -0.3 is 10.4 Å². The summed E-state index contributed by atoms with van der Waals surface area (Å²) in [7, 11) is 1.58. The van der Waals surface area contributed by atoms with E-state index in [1.807, 2.05) is 13.8 Å². The molecule has 6 heteroatoms. The van der Waals surface area contributed by atoms with Crippen LogP contribution < -0.4 is 5.32 Å². The van der Waals surface area contributed by atoms with Crippen molar-refractivity contribution in [1.29, 1.82) is 0 Å². The summed E-state index contributed by atoms with van der Waals surface area (Å²) in [6.07, 6.45) is 0. The number of aliphatic carboxylic acids is 1. The van der Waals surface area contributed by atoms with Gasteiger partial charge in [-0.15, -0.1) is 0 Å². The minimum absolute atomic E-state index is 0.0160. The van der Waals surface area contributed by atoms with E-state index in [-0.39, 0.29) is 30.2 Å². The number of carbonyl (C=O) groups excluding carboxylic acids is 1. The lowest BCUT2D eigenvalue weighted by Crippen LogP contribution is -2.44. The lowest BCUT2D eigenvalue weighted by Gasteiger charge is -2.26. The van der Waals surface area contributed by atoms with Gasteiger partial charge in [0.2, 0.25) is 5.91 Å². The van der Waals surface area contributed by atoms with E-state index in [2.05, 4.69) is 5.32 Å². The maximum absolute atomic E-state index is 13.0.